The molecule has 0 bridgehead atoms. The van der Waals surface area contributed by atoms with Crippen LogP contribution in [0.3, 0.4) is 0 Å². The first-order valence-electron chi connectivity index (χ1n) is 10.4. The van der Waals surface area contributed by atoms with Crippen molar-refractivity contribution < 1.29 is 9.90 Å². The van der Waals surface area contributed by atoms with E-state index in [1.165, 1.54) is 11.5 Å². The molecule has 0 amide bonds. The maximum absolute atomic E-state index is 13.4. The maximum Gasteiger partial charge on any atom is 0.355 e. The number of hydrogen-bond donors (Lipinski definition) is 2. The Morgan fingerprint density at radius 3 is 2.47 bits per heavy atom. The Hall–Kier alpha value is -3.43. The standard InChI is InChI=1S/C24H20BrClN4O4/c1-14(10-21(31)32)30-23(33)28-22(29(24(30)34)13-15-2-7-19(26)8-3-15)27-20-9-5-16-11-18(25)6-4-17(16)12-20/h2-9,11-12,14H,10,13H2,1H3,(H,31,32)(H,27,28,33)/t14-/m0/s1. The molecule has 0 saturated heterocycles. The van der Waals surface area contributed by atoms with Crippen LogP contribution in [0.2, 0.25) is 5.02 Å². The molecule has 1 aromatic heterocycles. The number of carbonyl (C=O) groups is 1. The number of anilines is 2. The second-order valence-electron chi connectivity index (χ2n) is 7.86. The van der Waals surface area contributed by atoms with Gasteiger partial charge >= 0.3 is 17.3 Å². The summed E-state index contributed by atoms with van der Waals surface area (Å²) in [6.45, 7) is 1.60. The number of fused-ring (bicyclic) bond motifs is 1. The van der Waals surface area contributed by atoms with Gasteiger partial charge in [0.15, 0.2) is 0 Å². The predicted molar refractivity (Wildman–Crippen MR) is 135 cm³/mol. The molecule has 4 rings (SSSR count). The predicted octanol–water partition coefficient (Wildman–Crippen LogP) is 4.80. The first kappa shape index (κ1) is 23.7. The van der Waals surface area contributed by atoms with Gasteiger partial charge in [0.2, 0.25) is 5.95 Å². The maximum atomic E-state index is 13.4. The Morgan fingerprint density at radius 1 is 1.09 bits per heavy atom. The average Bonchev–Trinajstić information content (AvgIpc) is 2.77. The summed E-state index contributed by atoms with van der Waals surface area (Å²) in [6.07, 6.45) is -0.384. The topological polar surface area (TPSA) is 106 Å². The number of carboxylic acid groups (broad SMARTS) is 1. The zero-order valence-corrected chi connectivity index (χ0v) is 20.4. The molecular formula is C24H20BrClN4O4. The molecule has 174 valence electrons. The lowest BCUT2D eigenvalue weighted by molar-refractivity contribution is -0.137. The third-order valence-corrected chi connectivity index (χ3v) is 6.07. The Kier molecular flexibility index (Phi) is 6.85. The average molecular weight is 544 g/mol. The quantitative estimate of drug-likeness (QED) is 0.347. The first-order valence-corrected chi connectivity index (χ1v) is 11.5. The van der Waals surface area contributed by atoms with E-state index in [2.05, 4.69) is 26.2 Å². The summed E-state index contributed by atoms with van der Waals surface area (Å²) in [7, 11) is 0. The fraction of sp³-hybridized carbons (Fsp3) is 0.167. The van der Waals surface area contributed by atoms with E-state index in [4.69, 9.17) is 16.7 Å². The van der Waals surface area contributed by atoms with E-state index in [1.54, 1.807) is 24.3 Å². The molecule has 0 radical (unpaired) electrons. The molecule has 8 nitrogen and oxygen atoms in total. The molecule has 0 saturated carbocycles. The number of aromatic nitrogens is 3. The molecule has 1 atom stereocenters. The van der Waals surface area contributed by atoms with Gasteiger partial charge in [-0.15, -0.1) is 0 Å². The number of benzene rings is 3. The lowest BCUT2D eigenvalue weighted by atomic mass is 10.1. The third kappa shape index (κ3) is 5.21. The van der Waals surface area contributed by atoms with Crippen LogP contribution >= 0.6 is 27.5 Å². The molecular weight excluding hydrogens is 524 g/mol. The number of rotatable bonds is 7. The fourth-order valence-corrected chi connectivity index (χ4v) is 4.17. The Balaban J connectivity index is 1.80. The normalized spacial score (nSPS) is 12.0. The molecule has 0 aliphatic heterocycles. The van der Waals surface area contributed by atoms with Crippen molar-refractivity contribution in [3.8, 4) is 0 Å². The number of nitrogens with zero attached hydrogens (tertiary/aromatic N) is 3. The van der Waals surface area contributed by atoms with Gasteiger partial charge in [0.1, 0.15) is 0 Å². The molecule has 0 fully saturated rings. The zero-order valence-electron chi connectivity index (χ0n) is 18.0. The summed E-state index contributed by atoms with van der Waals surface area (Å²) >= 11 is 9.43. The number of nitrogens with one attached hydrogen (secondary N) is 1. The summed E-state index contributed by atoms with van der Waals surface area (Å²) in [6, 6.07) is 17.6. The molecule has 0 aliphatic rings. The molecule has 4 aromatic rings. The molecule has 1 heterocycles. The van der Waals surface area contributed by atoms with E-state index in [-0.39, 0.29) is 18.9 Å². The molecule has 0 unspecified atom stereocenters. The second kappa shape index (κ2) is 9.82. The summed E-state index contributed by atoms with van der Waals surface area (Å²) in [5, 5.41) is 14.8. The molecule has 10 heteroatoms. The van der Waals surface area contributed by atoms with E-state index in [1.807, 2.05) is 36.4 Å². The van der Waals surface area contributed by atoms with Crippen molar-refractivity contribution in [2.75, 3.05) is 5.32 Å². The highest BCUT2D eigenvalue weighted by molar-refractivity contribution is 9.10. The summed E-state index contributed by atoms with van der Waals surface area (Å²) in [4.78, 5) is 41.4. The lowest BCUT2D eigenvalue weighted by Gasteiger charge is -2.18. The number of halogens is 2. The smallest absolute Gasteiger partial charge is 0.355 e. The van der Waals surface area contributed by atoms with Gasteiger partial charge in [0.25, 0.3) is 0 Å². The molecule has 0 spiro atoms. The number of carboxylic acids is 1. The summed E-state index contributed by atoms with van der Waals surface area (Å²) in [5.41, 5.74) is -0.0765. The molecule has 0 aliphatic carbocycles. The Bertz CT molecular complexity index is 1500. The minimum Gasteiger partial charge on any atom is -0.481 e. The zero-order chi connectivity index (χ0) is 24.4. The minimum atomic E-state index is -1.12. The monoisotopic (exact) mass is 542 g/mol. The van der Waals surface area contributed by atoms with Crippen molar-refractivity contribution >= 4 is 55.9 Å². The molecule has 2 N–H and O–H groups in total. The van der Waals surface area contributed by atoms with Crippen molar-refractivity contribution in [3.05, 3.63) is 96.7 Å². The first-order chi connectivity index (χ1) is 16.2. The fourth-order valence-electron chi connectivity index (χ4n) is 3.66. The highest BCUT2D eigenvalue weighted by atomic mass is 79.9. The summed E-state index contributed by atoms with van der Waals surface area (Å²) < 4.78 is 3.14. The van der Waals surface area contributed by atoms with E-state index in [0.717, 1.165) is 25.4 Å². The van der Waals surface area contributed by atoms with Gasteiger partial charge in [-0.05, 0) is 59.7 Å². The number of aliphatic carboxylic acids is 1. The van der Waals surface area contributed by atoms with Crippen LogP contribution in [0.1, 0.15) is 24.9 Å². The molecule has 3 aromatic carbocycles. The van der Waals surface area contributed by atoms with Gasteiger partial charge in [0.05, 0.1) is 19.0 Å². The second-order valence-corrected chi connectivity index (χ2v) is 9.21. The van der Waals surface area contributed by atoms with E-state index in [0.29, 0.717) is 10.7 Å². The van der Waals surface area contributed by atoms with Gasteiger partial charge in [-0.2, -0.15) is 4.98 Å². The largest absolute Gasteiger partial charge is 0.481 e. The van der Waals surface area contributed by atoms with Gasteiger partial charge in [-0.25, -0.2) is 14.2 Å². The van der Waals surface area contributed by atoms with Crippen molar-refractivity contribution in [2.24, 2.45) is 0 Å². The van der Waals surface area contributed by atoms with Gasteiger partial charge in [0, 0.05) is 15.2 Å². The van der Waals surface area contributed by atoms with E-state index >= 15 is 0 Å². The SMILES string of the molecule is C[C@@H](CC(=O)O)n1c(=O)nc(Nc2ccc3cc(Br)ccc3c2)n(Cc2ccc(Cl)cc2)c1=O. The van der Waals surface area contributed by atoms with Crippen molar-refractivity contribution in [2.45, 2.75) is 25.9 Å². The van der Waals surface area contributed by atoms with Gasteiger partial charge in [-0.3, -0.25) is 9.36 Å². The van der Waals surface area contributed by atoms with Crippen LogP contribution in [0.5, 0.6) is 0 Å². The Labute approximate surface area is 207 Å². The summed E-state index contributed by atoms with van der Waals surface area (Å²) in [5.74, 6) is -1.06. The van der Waals surface area contributed by atoms with Crippen LogP contribution in [0.15, 0.2) is 74.7 Å². The number of hydrogen-bond acceptors (Lipinski definition) is 5. The third-order valence-electron chi connectivity index (χ3n) is 5.32. The van der Waals surface area contributed by atoms with Crippen molar-refractivity contribution in [1.82, 2.24) is 14.1 Å². The van der Waals surface area contributed by atoms with Crippen LogP contribution in [0.4, 0.5) is 11.6 Å². The Morgan fingerprint density at radius 2 is 1.76 bits per heavy atom. The van der Waals surface area contributed by atoms with E-state index in [9.17, 15) is 14.4 Å². The highest BCUT2D eigenvalue weighted by Gasteiger charge is 2.20. The van der Waals surface area contributed by atoms with Crippen LogP contribution in [-0.2, 0) is 11.3 Å². The molecule has 34 heavy (non-hydrogen) atoms. The van der Waals surface area contributed by atoms with Crippen molar-refractivity contribution in [3.63, 3.8) is 0 Å². The van der Waals surface area contributed by atoms with Gasteiger partial charge < -0.3 is 10.4 Å². The van der Waals surface area contributed by atoms with Crippen LogP contribution in [0.25, 0.3) is 10.8 Å². The van der Waals surface area contributed by atoms with E-state index < -0.39 is 23.4 Å². The lowest BCUT2D eigenvalue weighted by Crippen LogP contribution is -2.44. The minimum absolute atomic E-state index is 0.0557. The van der Waals surface area contributed by atoms with Crippen LogP contribution in [0, 0.1) is 0 Å². The van der Waals surface area contributed by atoms with Crippen molar-refractivity contribution in [1.29, 1.82) is 0 Å². The van der Waals surface area contributed by atoms with Crippen LogP contribution < -0.4 is 16.7 Å². The van der Waals surface area contributed by atoms with Gasteiger partial charge in [-0.1, -0.05) is 51.8 Å². The van der Waals surface area contributed by atoms with Crippen LogP contribution in [-0.4, -0.2) is 25.2 Å². The highest BCUT2D eigenvalue weighted by Crippen LogP contribution is 2.24.